The van der Waals surface area contributed by atoms with Gasteiger partial charge in [0.1, 0.15) is 11.4 Å². The number of methoxy groups -OCH3 is 1. The molecule has 6 nitrogen and oxygen atoms in total. The molecule has 4 atom stereocenters. The van der Waals surface area contributed by atoms with Crippen LogP contribution in [0.5, 0.6) is 11.5 Å². The number of ether oxygens (including phenoxy) is 1. The first kappa shape index (κ1) is 15.9. The molecule has 2 fully saturated rings. The number of rotatable bonds is 1. The minimum atomic E-state index is -1.45. The van der Waals surface area contributed by atoms with E-state index < -0.39 is 17.1 Å². The first-order chi connectivity index (χ1) is 11.3. The molecule has 0 amide bonds. The second kappa shape index (κ2) is 4.94. The van der Waals surface area contributed by atoms with Gasteiger partial charge in [-0.3, -0.25) is 4.79 Å². The number of nitrogens with zero attached hydrogens (tertiary/aromatic N) is 1. The topological polar surface area (TPSA) is 90.2 Å². The fraction of sp³-hybridized carbons (Fsp3) is 0.611. The van der Waals surface area contributed by atoms with Crippen LogP contribution in [0.3, 0.4) is 0 Å². The number of likely N-dealkylation sites (tertiary alicyclic amines) is 1. The van der Waals surface area contributed by atoms with Crippen LogP contribution in [0.15, 0.2) is 12.1 Å². The minimum absolute atomic E-state index is 0.0154. The second-order valence-electron chi connectivity index (χ2n) is 7.44. The van der Waals surface area contributed by atoms with E-state index in [2.05, 4.69) is 4.90 Å². The summed E-state index contributed by atoms with van der Waals surface area (Å²) in [4.78, 5) is 14.4. The number of Topliss-reactive ketones (excluding diaryl/α,β-unsaturated/α-hetero) is 1. The number of carbonyl (C=O) groups is 1. The summed E-state index contributed by atoms with van der Waals surface area (Å²) in [6.45, 7) is 0.697. The highest BCUT2D eigenvalue weighted by Crippen LogP contribution is 2.60. The smallest absolute Gasteiger partial charge is 0.161 e. The molecule has 4 rings (SSSR count). The van der Waals surface area contributed by atoms with Crippen LogP contribution in [0.4, 0.5) is 0 Å². The number of hydrogen-bond donors (Lipinski definition) is 3. The van der Waals surface area contributed by atoms with Crippen molar-refractivity contribution in [2.24, 2.45) is 0 Å². The zero-order chi connectivity index (χ0) is 17.3. The molecule has 2 aliphatic carbocycles. The molecule has 130 valence electrons. The third kappa shape index (κ3) is 1.68. The molecule has 2 bridgehead atoms. The lowest BCUT2D eigenvalue weighted by Crippen LogP contribution is -2.77. The van der Waals surface area contributed by atoms with Gasteiger partial charge < -0.3 is 25.0 Å². The minimum Gasteiger partial charge on any atom is -0.504 e. The average Bonchev–Trinajstić information content (AvgIpc) is 2.52. The zero-order valence-electron chi connectivity index (χ0n) is 14.0. The Morgan fingerprint density at radius 3 is 2.79 bits per heavy atom. The van der Waals surface area contributed by atoms with E-state index in [1.54, 1.807) is 6.07 Å². The summed E-state index contributed by atoms with van der Waals surface area (Å²) in [7, 11) is 3.41. The standard InChI is InChI=1S/C18H23NO5/c1-19-6-5-17-9-11(20)8-14(21)18(17,23)13(19)7-10-3-4-12(24-2)16(22)15(10)17/h3-4,13-14,21-23H,5-9H2,1-2H3. The third-order valence-electron chi connectivity index (χ3n) is 6.46. The van der Waals surface area contributed by atoms with Crippen LogP contribution in [0.1, 0.15) is 30.4 Å². The van der Waals surface area contributed by atoms with Crippen LogP contribution in [0.2, 0.25) is 0 Å². The van der Waals surface area contributed by atoms with Gasteiger partial charge in [0.05, 0.1) is 13.2 Å². The first-order valence-corrected chi connectivity index (χ1v) is 8.37. The van der Waals surface area contributed by atoms with Crippen LogP contribution in [0.25, 0.3) is 0 Å². The van der Waals surface area contributed by atoms with Crippen molar-refractivity contribution >= 4 is 5.78 Å². The van der Waals surface area contributed by atoms with E-state index in [0.29, 0.717) is 30.7 Å². The number of carbonyl (C=O) groups excluding carboxylic acids is 1. The lowest BCUT2D eigenvalue weighted by molar-refractivity contribution is -0.213. The van der Waals surface area contributed by atoms with Crippen molar-refractivity contribution in [1.82, 2.24) is 4.90 Å². The van der Waals surface area contributed by atoms with Crippen LogP contribution >= 0.6 is 0 Å². The molecule has 0 radical (unpaired) electrons. The number of phenolic OH excluding ortho intramolecular Hbond substituents is 1. The molecule has 1 aliphatic heterocycles. The molecule has 4 unspecified atom stereocenters. The molecule has 1 heterocycles. The van der Waals surface area contributed by atoms with Gasteiger partial charge in [0, 0.05) is 29.9 Å². The monoisotopic (exact) mass is 333 g/mol. The highest BCUT2D eigenvalue weighted by molar-refractivity contribution is 5.84. The van der Waals surface area contributed by atoms with Gasteiger partial charge in [-0.1, -0.05) is 6.07 Å². The molecular weight excluding hydrogens is 310 g/mol. The van der Waals surface area contributed by atoms with E-state index in [0.717, 1.165) is 5.56 Å². The predicted octanol–water partition coefficient (Wildman–Crippen LogP) is 0.354. The van der Waals surface area contributed by atoms with Gasteiger partial charge in [-0.15, -0.1) is 0 Å². The number of hydrogen-bond acceptors (Lipinski definition) is 6. The summed E-state index contributed by atoms with van der Waals surface area (Å²) in [6, 6.07) is 3.33. The van der Waals surface area contributed by atoms with E-state index in [9.17, 15) is 20.1 Å². The van der Waals surface area contributed by atoms with Crippen molar-refractivity contribution in [3.8, 4) is 11.5 Å². The molecular formula is C18H23NO5. The Morgan fingerprint density at radius 2 is 2.08 bits per heavy atom. The maximum absolute atomic E-state index is 12.3. The van der Waals surface area contributed by atoms with E-state index in [4.69, 9.17) is 4.74 Å². The Hall–Kier alpha value is -1.63. The van der Waals surface area contributed by atoms with Gasteiger partial charge in [-0.25, -0.2) is 0 Å². The maximum atomic E-state index is 12.3. The molecule has 24 heavy (non-hydrogen) atoms. The molecule has 3 aliphatic rings. The fourth-order valence-corrected chi connectivity index (χ4v) is 5.35. The maximum Gasteiger partial charge on any atom is 0.161 e. The Kier molecular flexibility index (Phi) is 3.27. The van der Waals surface area contributed by atoms with Crippen molar-refractivity contribution in [1.29, 1.82) is 0 Å². The summed E-state index contributed by atoms with van der Waals surface area (Å²) in [6.07, 6.45) is -0.00784. The Labute approximate surface area is 140 Å². The predicted molar refractivity (Wildman–Crippen MR) is 86.3 cm³/mol. The molecule has 1 saturated carbocycles. The third-order valence-corrected chi connectivity index (χ3v) is 6.46. The van der Waals surface area contributed by atoms with Crippen molar-refractivity contribution in [2.45, 2.75) is 48.8 Å². The molecule has 1 aromatic rings. The summed E-state index contributed by atoms with van der Waals surface area (Å²) in [5, 5.41) is 33.1. The summed E-state index contributed by atoms with van der Waals surface area (Å²) in [5.41, 5.74) is -0.923. The van der Waals surface area contributed by atoms with Crippen molar-refractivity contribution < 1.29 is 24.9 Å². The van der Waals surface area contributed by atoms with Crippen molar-refractivity contribution in [3.63, 3.8) is 0 Å². The SMILES string of the molecule is COc1ccc2c(c1O)C13CCN(C)C(C2)C1(O)C(O)CC(=O)C3. The lowest BCUT2D eigenvalue weighted by atomic mass is 9.48. The van der Waals surface area contributed by atoms with E-state index in [-0.39, 0.29) is 30.4 Å². The highest BCUT2D eigenvalue weighted by Gasteiger charge is 2.68. The molecule has 1 aromatic carbocycles. The van der Waals surface area contributed by atoms with Gasteiger partial charge in [-0.05, 0) is 38.1 Å². The van der Waals surface area contributed by atoms with Gasteiger partial charge in [0.2, 0.25) is 0 Å². The van der Waals surface area contributed by atoms with Gasteiger partial charge in [0.15, 0.2) is 11.5 Å². The van der Waals surface area contributed by atoms with Crippen LogP contribution < -0.4 is 4.74 Å². The van der Waals surface area contributed by atoms with Gasteiger partial charge >= 0.3 is 0 Å². The molecule has 1 saturated heterocycles. The number of phenols is 1. The van der Waals surface area contributed by atoms with Crippen LogP contribution in [0, 0.1) is 0 Å². The van der Waals surface area contributed by atoms with E-state index in [1.807, 2.05) is 13.1 Å². The summed E-state index contributed by atoms with van der Waals surface area (Å²) in [5.74, 6) is 0.235. The average molecular weight is 333 g/mol. The molecule has 6 heteroatoms. The first-order valence-electron chi connectivity index (χ1n) is 8.37. The number of aliphatic hydroxyl groups is 2. The van der Waals surface area contributed by atoms with Crippen LogP contribution in [-0.2, 0) is 16.6 Å². The zero-order valence-corrected chi connectivity index (χ0v) is 14.0. The number of aromatic hydroxyl groups is 1. The van der Waals surface area contributed by atoms with Crippen molar-refractivity contribution in [2.75, 3.05) is 20.7 Å². The fourth-order valence-electron chi connectivity index (χ4n) is 5.35. The summed E-state index contributed by atoms with van der Waals surface area (Å²) >= 11 is 0. The van der Waals surface area contributed by atoms with Crippen LogP contribution in [-0.4, -0.2) is 64.5 Å². The van der Waals surface area contributed by atoms with Gasteiger partial charge in [-0.2, -0.15) is 0 Å². The largest absolute Gasteiger partial charge is 0.504 e. The van der Waals surface area contributed by atoms with E-state index >= 15 is 0 Å². The number of piperidine rings is 1. The van der Waals surface area contributed by atoms with E-state index in [1.165, 1.54) is 7.11 Å². The van der Waals surface area contributed by atoms with Gasteiger partial charge in [0.25, 0.3) is 0 Å². The number of ketones is 1. The number of benzene rings is 1. The lowest BCUT2D eigenvalue weighted by Gasteiger charge is -2.64. The Bertz CT molecular complexity index is 720. The molecule has 0 spiro atoms. The number of fused-ring (bicyclic) bond motifs is 1. The number of aliphatic hydroxyl groups excluding tert-OH is 1. The normalized spacial score (nSPS) is 38.4. The summed E-state index contributed by atoms with van der Waals surface area (Å²) < 4.78 is 5.24. The second-order valence-corrected chi connectivity index (χ2v) is 7.44. The highest BCUT2D eigenvalue weighted by atomic mass is 16.5. The Morgan fingerprint density at radius 1 is 1.33 bits per heavy atom. The quantitative estimate of drug-likeness (QED) is 0.687. The molecule has 3 N–H and O–H groups in total. The van der Waals surface area contributed by atoms with Crippen molar-refractivity contribution in [3.05, 3.63) is 23.3 Å². The Balaban J connectivity index is 2.03. The molecule has 0 aromatic heterocycles. The number of likely N-dealkylation sites (N-methyl/N-ethyl adjacent to an activating group) is 1.